The van der Waals surface area contributed by atoms with E-state index in [2.05, 4.69) is 18.3 Å². The highest BCUT2D eigenvalue weighted by Gasteiger charge is 2.45. The van der Waals surface area contributed by atoms with Crippen molar-refractivity contribution in [1.82, 2.24) is 10.2 Å². The van der Waals surface area contributed by atoms with Crippen LogP contribution in [0, 0.1) is 0 Å². The van der Waals surface area contributed by atoms with E-state index in [1.54, 1.807) is 6.07 Å². The molecule has 3 atom stereocenters. The molecule has 1 aliphatic heterocycles. The number of nitrogens with zero attached hydrogens (tertiary/aromatic N) is 1. The Balaban J connectivity index is 1.46. The average molecular weight is 425 g/mol. The maximum Gasteiger partial charge on any atom is 0.464 e. The van der Waals surface area contributed by atoms with Gasteiger partial charge in [-0.15, -0.1) is 0 Å². The smallest absolute Gasteiger partial charge is 0.464 e. The number of fused-ring (bicyclic) bond motifs is 3. The van der Waals surface area contributed by atoms with Gasteiger partial charge in [-0.1, -0.05) is 37.3 Å². The Morgan fingerprint density at radius 2 is 1.87 bits per heavy atom. The van der Waals surface area contributed by atoms with Crippen LogP contribution in [0.25, 0.3) is 11.1 Å². The van der Waals surface area contributed by atoms with E-state index in [0.717, 1.165) is 16.7 Å². The van der Waals surface area contributed by atoms with Crippen molar-refractivity contribution in [1.29, 1.82) is 0 Å². The van der Waals surface area contributed by atoms with Gasteiger partial charge >= 0.3 is 17.6 Å². The molecule has 8 heteroatoms. The minimum absolute atomic E-state index is 0.0767. The molecule has 154 valence electrons. The van der Waals surface area contributed by atoms with Crippen molar-refractivity contribution in [2.45, 2.75) is 30.6 Å². The molecule has 30 heavy (non-hydrogen) atoms. The van der Waals surface area contributed by atoms with E-state index in [-0.39, 0.29) is 25.4 Å². The summed E-state index contributed by atoms with van der Waals surface area (Å²) < 4.78 is 11.0. The minimum atomic E-state index is -1.14. The first-order valence-electron chi connectivity index (χ1n) is 9.73. The van der Waals surface area contributed by atoms with E-state index in [1.165, 1.54) is 10.5 Å². The van der Waals surface area contributed by atoms with Crippen LogP contribution in [0.1, 0.15) is 40.7 Å². The minimum Gasteiger partial charge on any atom is -0.480 e. The number of carboxylic acids is 1. The molecular weight excluding hydrogens is 404 g/mol. The Morgan fingerprint density at radius 3 is 2.60 bits per heavy atom. The Morgan fingerprint density at radius 1 is 1.13 bits per heavy atom. The molecule has 0 aromatic heterocycles. The van der Waals surface area contributed by atoms with E-state index in [9.17, 15) is 23.7 Å². The molecule has 2 aromatic rings. The quantitative estimate of drug-likeness (QED) is 0.714. The molecule has 1 fully saturated rings. The van der Waals surface area contributed by atoms with E-state index < -0.39 is 29.1 Å². The molecule has 1 aliphatic carbocycles. The van der Waals surface area contributed by atoms with Gasteiger partial charge in [0, 0.05) is 22.1 Å². The summed E-state index contributed by atoms with van der Waals surface area (Å²) in [6.45, 7) is 1.89. The Labute approximate surface area is 177 Å². The molecule has 1 saturated heterocycles. The van der Waals surface area contributed by atoms with Crippen molar-refractivity contribution in [2.75, 3.05) is 13.1 Å². The molecule has 0 spiro atoms. The third-order valence-corrected chi connectivity index (χ3v) is 6.52. The number of benzene rings is 2. The van der Waals surface area contributed by atoms with Gasteiger partial charge in [-0.25, -0.2) is 4.79 Å². The number of aliphatic carboxylic acids is 1. The van der Waals surface area contributed by atoms with Gasteiger partial charge in [0.2, 0.25) is 5.91 Å². The number of nitrogens with one attached hydrogen (secondary N) is 1. The molecular formula is C22H21N2O5S+. The summed E-state index contributed by atoms with van der Waals surface area (Å²) >= 11 is 0.307. The number of hydrogen-bond donors (Lipinski definition) is 2. The number of amides is 2. The third kappa shape index (κ3) is 3.47. The van der Waals surface area contributed by atoms with Gasteiger partial charge in [0.1, 0.15) is 6.04 Å². The molecule has 2 N–H and O–H groups in total. The van der Waals surface area contributed by atoms with Gasteiger partial charge in [-0.3, -0.25) is 9.59 Å². The molecule has 2 aromatic carbocycles. The largest absolute Gasteiger partial charge is 0.480 e. The van der Waals surface area contributed by atoms with Crippen LogP contribution in [0.15, 0.2) is 42.5 Å². The van der Waals surface area contributed by atoms with Gasteiger partial charge in [0.15, 0.2) is 0 Å². The molecule has 0 saturated carbocycles. The van der Waals surface area contributed by atoms with Crippen LogP contribution in [-0.2, 0) is 25.5 Å². The van der Waals surface area contributed by atoms with Crippen molar-refractivity contribution in [3.8, 4) is 11.1 Å². The fraction of sp³-hybridized carbons (Fsp3) is 0.318. The summed E-state index contributed by atoms with van der Waals surface area (Å²) in [5.74, 6) is -1.79. The van der Waals surface area contributed by atoms with Crippen LogP contribution in [0.4, 0.5) is 0 Å². The molecule has 0 bridgehead atoms. The fourth-order valence-electron chi connectivity index (χ4n) is 4.33. The second-order valence-corrected chi connectivity index (χ2v) is 8.51. The summed E-state index contributed by atoms with van der Waals surface area (Å²) in [7, 11) is 0. The first-order chi connectivity index (χ1) is 14.4. The summed E-state index contributed by atoms with van der Waals surface area (Å²) in [4.78, 5) is 37.7. The normalized spacial score (nSPS) is 21.6. The van der Waals surface area contributed by atoms with Gasteiger partial charge in [-0.2, -0.15) is 0 Å². The zero-order valence-electron chi connectivity index (χ0n) is 16.3. The summed E-state index contributed by atoms with van der Waals surface area (Å²) in [6, 6.07) is 12.6. The molecule has 2 amide bonds. The van der Waals surface area contributed by atoms with Gasteiger partial charge < -0.3 is 15.3 Å². The van der Waals surface area contributed by atoms with Crippen LogP contribution < -0.4 is 5.32 Å². The second kappa shape index (κ2) is 7.95. The summed E-state index contributed by atoms with van der Waals surface area (Å²) in [5.41, 5.74) is 4.94. The van der Waals surface area contributed by atoms with Crippen LogP contribution in [0.2, 0.25) is 0 Å². The molecule has 7 nitrogen and oxygen atoms in total. The van der Waals surface area contributed by atoms with Crippen LogP contribution in [0.3, 0.4) is 0 Å². The number of carbonyl (C=O) groups excluding carboxylic acids is 2. The first kappa shape index (κ1) is 20.2. The monoisotopic (exact) mass is 425 g/mol. The second-order valence-electron chi connectivity index (χ2n) is 7.65. The lowest BCUT2D eigenvalue weighted by Gasteiger charge is -2.20. The highest BCUT2D eigenvalue weighted by Crippen LogP contribution is 2.44. The predicted octanol–water partition coefficient (Wildman–Crippen LogP) is 2.03. The van der Waals surface area contributed by atoms with Crippen molar-refractivity contribution < 1.29 is 23.7 Å². The summed E-state index contributed by atoms with van der Waals surface area (Å²) in [5, 5.41) is 11.4. The maximum atomic E-state index is 12.6. The van der Waals surface area contributed by atoms with Crippen molar-refractivity contribution in [3.05, 3.63) is 59.2 Å². The fourth-order valence-corrected chi connectivity index (χ4v) is 4.81. The zero-order valence-corrected chi connectivity index (χ0v) is 17.1. The van der Waals surface area contributed by atoms with Crippen molar-refractivity contribution in [2.24, 2.45) is 0 Å². The van der Waals surface area contributed by atoms with Crippen LogP contribution in [-0.4, -0.2) is 52.2 Å². The predicted molar refractivity (Wildman–Crippen MR) is 111 cm³/mol. The Bertz CT molecular complexity index is 1050. The average Bonchev–Trinajstić information content (AvgIpc) is 3.32. The standard InChI is InChI=1S/C22H20N2O5S/c1-12-15-4-2-3-5-17(15)18-8-13(6-7-16(12)18)21(26)23-10-20(25)24-11-14(30-29)9-19(24)22(27)28/h2-8,12,14,19H,9-11H2,1H3,(H-,23,26,27,28)/p+1/t12?,14-,19+/m1/s1. The number of rotatable bonds is 5. The highest BCUT2D eigenvalue weighted by molar-refractivity contribution is 7.66. The Kier molecular flexibility index (Phi) is 5.34. The molecule has 4 rings (SSSR count). The van der Waals surface area contributed by atoms with Crippen molar-refractivity contribution in [3.63, 3.8) is 0 Å². The van der Waals surface area contributed by atoms with E-state index >= 15 is 0 Å². The number of likely N-dealkylation sites (tertiary alicyclic amines) is 1. The van der Waals surface area contributed by atoms with E-state index in [4.69, 9.17) is 0 Å². The van der Waals surface area contributed by atoms with Crippen LogP contribution in [0.5, 0.6) is 0 Å². The van der Waals surface area contributed by atoms with E-state index in [0.29, 0.717) is 17.2 Å². The van der Waals surface area contributed by atoms with Gasteiger partial charge in [0.05, 0.1) is 13.1 Å². The van der Waals surface area contributed by atoms with Gasteiger partial charge in [-0.05, 0) is 34.4 Å². The van der Waals surface area contributed by atoms with E-state index in [1.807, 2.05) is 30.3 Å². The number of carbonyl (C=O) groups is 3. The lowest BCUT2D eigenvalue weighted by molar-refractivity contribution is -0.147. The lowest BCUT2D eigenvalue weighted by atomic mass is 9.98. The van der Waals surface area contributed by atoms with Crippen molar-refractivity contribution >= 4 is 29.5 Å². The Hall–Kier alpha value is -3.13. The van der Waals surface area contributed by atoms with Crippen LogP contribution >= 0.6 is 0 Å². The first-order valence-corrected chi connectivity index (χ1v) is 10.5. The third-order valence-electron chi connectivity index (χ3n) is 5.90. The number of hydrogen-bond acceptors (Lipinski definition) is 4. The van der Waals surface area contributed by atoms with Gasteiger partial charge in [0.25, 0.3) is 11.2 Å². The highest BCUT2D eigenvalue weighted by atomic mass is 32.1. The molecule has 2 aliphatic rings. The maximum absolute atomic E-state index is 12.6. The molecule has 1 heterocycles. The molecule has 1 unspecified atom stereocenters. The SMILES string of the molecule is CC1c2ccccc2-c2cc(C(=O)NCC(=O)N3C[C@H]([S+]=O)C[C@H]3C(=O)O)ccc21. The summed E-state index contributed by atoms with van der Waals surface area (Å²) in [6.07, 6.45) is 0.117. The zero-order chi connectivity index (χ0) is 21.4. The topological polar surface area (TPSA) is 104 Å². The lowest BCUT2D eigenvalue weighted by Crippen LogP contribution is -2.45. The molecule has 0 radical (unpaired) electrons. The number of carboxylic acid groups (broad SMARTS) is 1.